The minimum atomic E-state index is 0.394. The highest BCUT2D eigenvalue weighted by Gasteiger charge is 2.17. The molecule has 0 aliphatic rings. The van der Waals surface area contributed by atoms with Crippen LogP contribution in [0.5, 0.6) is 0 Å². The van der Waals surface area contributed by atoms with E-state index in [1.54, 1.807) is 0 Å². The summed E-state index contributed by atoms with van der Waals surface area (Å²) < 4.78 is 1.28. The summed E-state index contributed by atoms with van der Waals surface area (Å²) in [6.07, 6.45) is 1.15. The average molecular weight is 352 g/mol. The van der Waals surface area contributed by atoms with Crippen molar-refractivity contribution >= 4 is 34.2 Å². The molecule has 0 fully saturated rings. The first-order chi connectivity index (χ1) is 7.56. The molecule has 1 aromatic carbocycles. The highest BCUT2D eigenvalue weighted by molar-refractivity contribution is 14.1. The number of hydrogen-bond donors (Lipinski definition) is 1. The lowest BCUT2D eigenvalue weighted by Gasteiger charge is -2.24. The topological polar surface area (TPSA) is 12.0 Å². The summed E-state index contributed by atoms with van der Waals surface area (Å²) in [4.78, 5) is 0. The first kappa shape index (κ1) is 14.3. The smallest absolute Gasteiger partial charge is 0.0410 e. The molecule has 16 heavy (non-hydrogen) atoms. The molecule has 0 spiro atoms. The van der Waals surface area contributed by atoms with Gasteiger partial charge in [-0.05, 0) is 65.2 Å². The second-order valence-corrected chi connectivity index (χ2v) is 5.94. The van der Waals surface area contributed by atoms with Crippen molar-refractivity contribution in [3.8, 4) is 0 Å². The maximum atomic E-state index is 6.07. The predicted octanol–water partition coefficient (Wildman–Crippen LogP) is 4.64. The Kier molecular flexibility index (Phi) is 6.08. The normalized spacial score (nSPS) is 13.1. The van der Waals surface area contributed by atoms with Crippen molar-refractivity contribution < 1.29 is 0 Å². The highest BCUT2D eigenvalue weighted by atomic mass is 127. The van der Waals surface area contributed by atoms with Gasteiger partial charge >= 0.3 is 0 Å². The molecule has 0 bridgehead atoms. The quantitative estimate of drug-likeness (QED) is 0.762. The monoisotopic (exact) mass is 351 g/mol. The molecule has 1 rings (SSSR count). The molecule has 1 N–H and O–H groups in total. The second-order valence-electron chi connectivity index (χ2n) is 4.34. The van der Waals surface area contributed by atoms with E-state index in [1.165, 1.54) is 9.13 Å². The van der Waals surface area contributed by atoms with Crippen LogP contribution in [0.15, 0.2) is 18.2 Å². The molecule has 1 nitrogen and oxygen atoms in total. The minimum Gasteiger partial charge on any atom is -0.310 e. The third-order valence-corrected chi connectivity index (χ3v) is 3.79. The van der Waals surface area contributed by atoms with E-state index in [1.807, 2.05) is 6.07 Å². The van der Waals surface area contributed by atoms with Crippen LogP contribution in [0.25, 0.3) is 0 Å². The van der Waals surface area contributed by atoms with Crippen LogP contribution in [0, 0.1) is 9.49 Å². The van der Waals surface area contributed by atoms with E-state index < -0.39 is 0 Å². The van der Waals surface area contributed by atoms with Gasteiger partial charge in [0.15, 0.2) is 0 Å². The van der Waals surface area contributed by atoms with Crippen molar-refractivity contribution in [2.24, 2.45) is 5.92 Å². The first-order valence-corrected chi connectivity index (χ1v) is 7.20. The summed E-state index contributed by atoms with van der Waals surface area (Å²) in [5, 5.41) is 4.41. The van der Waals surface area contributed by atoms with E-state index in [-0.39, 0.29) is 0 Å². The molecular formula is C13H19ClIN. The zero-order chi connectivity index (χ0) is 12.1. The fourth-order valence-corrected chi connectivity index (χ4v) is 2.61. The van der Waals surface area contributed by atoms with Crippen molar-refractivity contribution in [2.75, 3.05) is 6.54 Å². The Morgan fingerprint density at radius 3 is 2.62 bits per heavy atom. The lowest BCUT2D eigenvalue weighted by atomic mass is 9.96. The van der Waals surface area contributed by atoms with Crippen molar-refractivity contribution in [2.45, 2.75) is 33.2 Å². The lowest BCUT2D eigenvalue weighted by Crippen LogP contribution is -2.27. The molecule has 90 valence electrons. The van der Waals surface area contributed by atoms with E-state index in [0.717, 1.165) is 18.0 Å². The number of hydrogen-bond acceptors (Lipinski definition) is 1. The molecule has 0 aliphatic heterocycles. The summed E-state index contributed by atoms with van der Waals surface area (Å²) in [6, 6.07) is 6.51. The van der Waals surface area contributed by atoms with Gasteiger partial charge in [-0.1, -0.05) is 32.4 Å². The SMILES string of the molecule is CCCNC(c1cc(Cl)ccc1I)C(C)C. The lowest BCUT2D eigenvalue weighted by molar-refractivity contribution is 0.411. The molecule has 0 saturated heterocycles. The zero-order valence-electron chi connectivity index (χ0n) is 10.1. The second kappa shape index (κ2) is 6.82. The molecule has 0 aliphatic carbocycles. The molecule has 1 atom stereocenters. The number of benzene rings is 1. The summed E-state index contributed by atoms with van der Waals surface area (Å²) in [7, 11) is 0. The van der Waals surface area contributed by atoms with Gasteiger partial charge in [-0.2, -0.15) is 0 Å². The summed E-state index contributed by atoms with van der Waals surface area (Å²) >= 11 is 8.45. The molecule has 0 aromatic heterocycles. The Morgan fingerprint density at radius 2 is 2.06 bits per heavy atom. The Morgan fingerprint density at radius 1 is 1.38 bits per heavy atom. The number of nitrogens with one attached hydrogen (secondary N) is 1. The first-order valence-electron chi connectivity index (χ1n) is 5.74. The van der Waals surface area contributed by atoms with E-state index in [9.17, 15) is 0 Å². The Bertz CT molecular complexity index is 339. The third kappa shape index (κ3) is 3.90. The predicted molar refractivity (Wildman–Crippen MR) is 80.0 cm³/mol. The fourth-order valence-electron chi connectivity index (χ4n) is 1.76. The van der Waals surface area contributed by atoms with E-state index in [2.05, 4.69) is 60.8 Å². The molecular weight excluding hydrogens is 333 g/mol. The van der Waals surface area contributed by atoms with Gasteiger partial charge in [0, 0.05) is 14.6 Å². The van der Waals surface area contributed by atoms with Crippen LogP contribution in [0.3, 0.4) is 0 Å². The summed E-state index contributed by atoms with van der Waals surface area (Å²) in [5.74, 6) is 0.568. The fraction of sp³-hybridized carbons (Fsp3) is 0.538. The molecule has 0 saturated carbocycles. The van der Waals surface area contributed by atoms with Gasteiger partial charge in [-0.3, -0.25) is 0 Å². The standard InChI is InChI=1S/C13H19ClIN/c1-4-7-16-13(9(2)3)11-8-10(14)5-6-12(11)15/h5-6,8-9,13,16H,4,7H2,1-3H3. The van der Waals surface area contributed by atoms with Crippen LogP contribution in [-0.4, -0.2) is 6.54 Å². The summed E-state index contributed by atoms with van der Waals surface area (Å²) in [6.45, 7) is 7.72. The molecule has 0 heterocycles. The van der Waals surface area contributed by atoms with Gasteiger partial charge in [0.2, 0.25) is 0 Å². The van der Waals surface area contributed by atoms with Gasteiger partial charge in [-0.15, -0.1) is 0 Å². The molecule has 0 amide bonds. The van der Waals surface area contributed by atoms with Crippen molar-refractivity contribution in [3.05, 3.63) is 32.4 Å². The van der Waals surface area contributed by atoms with Gasteiger partial charge in [0.25, 0.3) is 0 Å². The van der Waals surface area contributed by atoms with E-state index in [4.69, 9.17) is 11.6 Å². The zero-order valence-corrected chi connectivity index (χ0v) is 13.0. The van der Waals surface area contributed by atoms with Crippen LogP contribution in [0.1, 0.15) is 38.8 Å². The van der Waals surface area contributed by atoms with Gasteiger partial charge < -0.3 is 5.32 Å². The van der Waals surface area contributed by atoms with Crippen molar-refractivity contribution in [3.63, 3.8) is 0 Å². The van der Waals surface area contributed by atoms with Gasteiger partial charge in [0.05, 0.1) is 0 Å². The minimum absolute atomic E-state index is 0.394. The third-order valence-electron chi connectivity index (χ3n) is 2.57. The average Bonchev–Trinajstić information content (AvgIpc) is 2.23. The van der Waals surface area contributed by atoms with Crippen LogP contribution in [0.2, 0.25) is 5.02 Å². The Hall–Kier alpha value is 0.200. The van der Waals surface area contributed by atoms with E-state index in [0.29, 0.717) is 12.0 Å². The summed E-state index contributed by atoms with van der Waals surface area (Å²) in [5.41, 5.74) is 1.32. The maximum Gasteiger partial charge on any atom is 0.0410 e. The van der Waals surface area contributed by atoms with Crippen LogP contribution in [0.4, 0.5) is 0 Å². The van der Waals surface area contributed by atoms with Crippen LogP contribution >= 0.6 is 34.2 Å². The Labute approximate surface area is 117 Å². The van der Waals surface area contributed by atoms with Crippen LogP contribution < -0.4 is 5.32 Å². The Balaban J connectivity index is 2.95. The number of halogens is 2. The van der Waals surface area contributed by atoms with Crippen molar-refractivity contribution in [1.82, 2.24) is 5.32 Å². The highest BCUT2D eigenvalue weighted by Crippen LogP contribution is 2.28. The largest absolute Gasteiger partial charge is 0.310 e. The van der Waals surface area contributed by atoms with E-state index >= 15 is 0 Å². The molecule has 1 unspecified atom stereocenters. The molecule has 1 aromatic rings. The number of rotatable bonds is 5. The van der Waals surface area contributed by atoms with Gasteiger partial charge in [-0.25, -0.2) is 0 Å². The van der Waals surface area contributed by atoms with Gasteiger partial charge in [0.1, 0.15) is 0 Å². The van der Waals surface area contributed by atoms with Crippen molar-refractivity contribution in [1.29, 1.82) is 0 Å². The molecule has 0 radical (unpaired) electrons. The maximum absolute atomic E-state index is 6.07. The van der Waals surface area contributed by atoms with Crippen LogP contribution in [-0.2, 0) is 0 Å². The molecule has 3 heteroatoms.